The van der Waals surface area contributed by atoms with Crippen molar-refractivity contribution in [3.8, 4) is 16.9 Å². The van der Waals surface area contributed by atoms with E-state index in [1.165, 1.54) is 23.5 Å². The number of urea groups is 1. The van der Waals surface area contributed by atoms with Gasteiger partial charge < -0.3 is 45.6 Å². The molecule has 0 spiro atoms. The van der Waals surface area contributed by atoms with E-state index in [1.807, 2.05) is 36.5 Å². The summed E-state index contributed by atoms with van der Waals surface area (Å²) in [5, 5.41) is 53.1. The Morgan fingerprint density at radius 1 is 1.04 bits per heavy atom. The number of carbonyl (C=O) groups excluding carboxylic acids is 1. The highest BCUT2D eigenvalue weighted by Gasteiger charge is 2.48. The molecule has 5 rings (SSSR count). The topological polar surface area (TPSA) is 211 Å². The second-order valence-electron chi connectivity index (χ2n) is 13.2. The van der Waals surface area contributed by atoms with Gasteiger partial charge in [0.1, 0.15) is 24.1 Å². The number of amides is 2. The van der Waals surface area contributed by atoms with E-state index < -0.39 is 59.2 Å². The summed E-state index contributed by atoms with van der Waals surface area (Å²) in [5.74, 6) is 0.821. The summed E-state index contributed by atoms with van der Waals surface area (Å²) in [6, 6.07) is 12.4. The summed E-state index contributed by atoms with van der Waals surface area (Å²) >= 11 is 6.54. The smallest absolute Gasteiger partial charge is 0.315 e. The molecule has 2 aliphatic carbocycles. The molecule has 0 aliphatic heterocycles. The predicted molar refractivity (Wildman–Crippen MR) is 192 cm³/mol. The van der Waals surface area contributed by atoms with Crippen LogP contribution < -0.4 is 15.4 Å². The number of aliphatic hydroxyl groups excluding tert-OH is 5. The summed E-state index contributed by atoms with van der Waals surface area (Å²) < 4.78 is 40.9. The van der Waals surface area contributed by atoms with Gasteiger partial charge in [0.05, 0.1) is 42.5 Å². The largest absolute Gasteiger partial charge is 0.490 e. The zero-order valence-electron chi connectivity index (χ0n) is 28.9. The second kappa shape index (κ2) is 17.6. The van der Waals surface area contributed by atoms with Gasteiger partial charge in [-0.25, -0.2) is 17.5 Å². The lowest BCUT2D eigenvalue weighted by atomic mass is 9.96. The number of hydrogen-bond acceptors (Lipinski definition) is 11. The molecule has 0 saturated heterocycles. The minimum Gasteiger partial charge on any atom is -0.490 e. The molecular formula is C36H47ClN4O10S. The van der Waals surface area contributed by atoms with Crippen LogP contribution in [0.4, 0.5) is 4.79 Å². The van der Waals surface area contributed by atoms with E-state index in [0.717, 1.165) is 48.1 Å². The molecule has 0 bridgehead atoms. The number of nitrogens with zero attached hydrogens (tertiary/aromatic N) is 2. The average molecular weight is 763 g/mol. The Morgan fingerprint density at radius 3 is 2.48 bits per heavy atom. The molecule has 7 N–H and O–H groups in total. The fourth-order valence-corrected chi connectivity index (χ4v) is 7.22. The van der Waals surface area contributed by atoms with Crippen LogP contribution in [0.5, 0.6) is 5.75 Å². The van der Waals surface area contributed by atoms with Gasteiger partial charge in [-0.3, -0.25) is 4.98 Å². The van der Waals surface area contributed by atoms with Gasteiger partial charge in [0, 0.05) is 48.7 Å². The summed E-state index contributed by atoms with van der Waals surface area (Å²) in [4.78, 5) is 16.7. The van der Waals surface area contributed by atoms with Gasteiger partial charge in [-0.05, 0) is 80.0 Å². The fourth-order valence-electron chi connectivity index (χ4n) is 5.79. The minimum atomic E-state index is -3.89. The van der Waals surface area contributed by atoms with Crippen LogP contribution in [-0.2, 0) is 27.0 Å². The third-order valence-corrected chi connectivity index (χ3v) is 11.5. The lowest BCUT2D eigenvalue weighted by Gasteiger charge is -2.28. The molecule has 284 valence electrons. The lowest BCUT2D eigenvalue weighted by molar-refractivity contribution is -0.0902. The Bertz CT molecular complexity index is 1780. The molecule has 0 radical (unpaired) electrons. The molecule has 16 heteroatoms. The monoisotopic (exact) mass is 762 g/mol. The number of sulfonamides is 1. The van der Waals surface area contributed by atoms with Crippen molar-refractivity contribution in [2.75, 3.05) is 33.4 Å². The highest BCUT2D eigenvalue weighted by atomic mass is 35.5. The van der Waals surface area contributed by atoms with Crippen LogP contribution in [-0.4, -0.2) is 113 Å². The number of hydrogen-bond donors (Lipinski definition) is 7. The molecule has 4 atom stereocenters. The molecule has 2 saturated carbocycles. The van der Waals surface area contributed by atoms with Crippen LogP contribution >= 0.6 is 11.6 Å². The Kier molecular flexibility index (Phi) is 13.5. The van der Waals surface area contributed by atoms with E-state index >= 15 is 0 Å². The van der Waals surface area contributed by atoms with Crippen molar-refractivity contribution in [1.29, 1.82) is 0 Å². The second-order valence-corrected chi connectivity index (χ2v) is 15.7. The Morgan fingerprint density at radius 2 is 1.79 bits per heavy atom. The molecule has 14 nitrogen and oxygen atoms in total. The van der Waals surface area contributed by atoms with Crippen molar-refractivity contribution in [3.63, 3.8) is 0 Å². The van der Waals surface area contributed by atoms with Gasteiger partial charge in [0.25, 0.3) is 0 Å². The number of aromatic nitrogens is 1. The Labute approximate surface area is 308 Å². The molecule has 2 amide bonds. The van der Waals surface area contributed by atoms with Crippen molar-refractivity contribution >= 4 is 27.7 Å². The van der Waals surface area contributed by atoms with Gasteiger partial charge in [0.15, 0.2) is 0 Å². The van der Waals surface area contributed by atoms with Crippen molar-refractivity contribution in [2.24, 2.45) is 0 Å². The van der Waals surface area contributed by atoms with Crippen LogP contribution in [0, 0.1) is 0 Å². The van der Waals surface area contributed by atoms with Gasteiger partial charge in [0.2, 0.25) is 10.0 Å². The molecule has 0 unspecified atom stereocenters. The molecule has 3 aromatic rings. The van der Waals surface area contributed by atoms with E-state index in [1.54, 1.807) is 12.3 Å². The first kappa shape index (κ1) is 39.8. The van der Waals surface area contributed by atoms with Crippen LogP contribution in [0.3, 0.4) is 0 Å². The van der Waals surface area contributed by atoms with Crippen LogP contribution in [0.25, 0.3) is 11.1 Å². The summed E-state index contributed by atoms with van der Waals surface area (Å²) in [6.45, 7) is -1.16. The fraction of sp³-hybridized carbons (Fsp3) is 0.500. The van der Waals surface area contributed by atoms with E-state index in [2.05, 4.69) is 15.6 Å². The van der Waals surface area contributed by atoms with Crippen molar-refractivity contribution in [1.82, 2.24) is 19.9 Å². The van der Waals surface area contributed by atoms with Crippen LogP contribution in [0.1, 0.15) is 49.7 Å². The molecule has 1 aromatic heterocycles. The number of ether oxygens (including phenoxy) is 2. The van der Waals surface area contributed by atoms with E-state index in [0.29, 0.717) is 23.4 Å². The number of rotatable bonds is 20. The molecular weight excluding hydrogens is 716 g/mol. The summed E-state index contributed by atoms with van der Waals surface area (Å²) in [7, 11) is -2.43. The first-order valence-corrected chi connectivity index (χ1v) is 19.1. The average Bonchev–Trinajstić information content (AvgIpc) is 4.10. The highest BCUT2D eigenvalue weighted by Crippen LogP contribution is 2.53. The van der Waals surface area contributed by atoms with E-state index in [9.17, 15) is 33.6 Å². The number of carbonyl (C=O) groups is 1. The van der Waals surface area contributed by atoms with Gasteiger partial charge in [-0.1, -0.05) is 29.8 Å². The SMILES string of the molecule is CN(CCCCNC(=O)N[C@@H](CO)[C@@H](O)[C@@H](O)[C@H](O)CO)S(=O)(=O)c1ccc(Cl)c(COC2(c3cnccc3-c3ccccc3OC3CC3)CC2)c1. The van der Waals surface area contributed by atoms with Gasteiger partial charge in [-0.2, -0.15) is 0 Å². The van der Waals surface area contributed by atoms with E-state index in [4.69, 9.17) is 26.2 Å². The van der Waals surface area contributed by atoms with Crippen molar-refractivity contribution in [2.45, 2.75) is 86.1 Å². The number of pyridine rings is 1. The standard InChI is InChI=1S/C36H47ClN4O10S/c1-41(17-5-4-15-39-35(47)40-30(20-42)33(45)34(46)31(44)21-43)52(48,49)25-10-11-29(37)23(18-25)22-50-36(13-14-36)28-19-38-16-12-26(28)27-6-2-3-7-32(27)51-24-8-9-24/h2-3,6-7,10-12,16,18-19,24,30-31,33-34,42-46H,4-5,8-9,13-15,17,20-22H2,1H3,(H2,39,40,47)/t30-,31+,33+,34-/m0/s1. The quantitative estimate of drug-likeness (QED) is 0.0831. The molecule has 2 fully saturated rings. The maximum atomic E-state index is 13.5. The summed E-state index contributed by atoms with van der Waals surface area (Å²) in [5.41, 5.74) is 2.82. The highest BCUT2D eigenvalue weighted by molar-refractivity contribution is 7.89. The van der Waals surface area contributed by atoms with Crippen LogP contribution in [0.15, 0.2) is 65.8 Å². The zero-order valence-corrected chi connectivity index (χ0v) is 30.5. The first-order chi connectivity index (χ1) is 24.9. The van der Waals surface area contributed by atoms with Gasteiger partial charge in [-0.15, -0.1) is 0 Å². The normalized spacial score (nSPS) is 17.6. The number of aliphatic hydroxyl groups is 5. The Hall–Kier alpha value is -3.38. The number of para-hydroxylation sites is 1. The maximum Gasteiger partial charge on any atom is 0.315 e. The number of unbranched alkanes of at least 4 members (excludes halogenated alkanes) is 1. The number of benzene rings is 2. The lowest BCUT2D eigenvalue weighted by Crippen LogP contribution is -2.56. The number of nitrogens with one attached hydrogen (secondary N) is 2. The molecule has 52 heavy (non-hydrogen) atoms. The first-order valence-electron chi connectivity index (χ1n) is 17.3. The zero-order chi connectivity index (χ0) is 37.5. The molecule has 1 heterocycles. The third-order valence-electron chi connectivity index (χ3n) is 9.28. The van der Waals surface area contributed by atoms with Crippen molar-refractivity contribution < 1.29 is 48.2 Å². The van der Waals surface area contributed by atoms with Crippen LogP contribution in [0.2, 0.25) is 5.02 Å². The summed E-state index contributed by atoms with van der Waals surface area (Å²) in [6.07, 6.45) is 3.07. The number of halogens is 1. The predicted octanol–water partition coefficient (Wildman–Crippen LogP) is 2.28. The maximum absolute atomic E-state index is 13.5. The van der Waals surface area contributed by atoms with Crippen molar-refractivity contribution in [3.05, 3.63) is 77.1 Å². The minimum absolute atomic E-state index is 0.0654. The van der Waals surface area contributed by atoms with Gasteiger partial charge >= 0.3 is 6.03 Å². The molecule has 2 aromatic carbocycles. The Balaban J connectivity index is 1.15. The third kappa shape index (κ3) is 9.78. The molecule has 2 aliphatic rings. The van der Waals surface area contributed by atoms with E-state index in [-0.39, 0.29) is 30.7 Å².